The second-order valence-electron chi connectivity index (χ2n) is 9.16. The van der Waals surface area contributed by atoms with Crippen LogP contribution in [0.2, 0.25) is 0 Å². The minimum Gasteiger partial charge on any atom is -0.379 e. The Labute approximate surface area is 214 Å². The molecular formula is C32H37F2NO. The molecule has 1 aromatic heterocycles. The van der Waals surface area contributed by atoms with Gasteiger partial charge in [0.25, 0.3) is 0 Å². The number of ether oxygens (including phenoxy) is 1. The normalized spacial score (nSPS) is 12.2. The zero-order chi connectivity index (χ0) is 25.8. The molecule has 0 saturated heterocycles. The second-order valence-corrected chi connectivity index (χ2v) is 9.16. The summed E-state index contributed by atoms with van der Waals surface area (Å²) in [5, 5.41) is 0. The molecule has 190 valence electrons. The highest BCUT2D eigenvalue weighted by atomic mass is 19.2. The molecule has 0 bridgehead atoms. The lowest BCUT2D eigenvalue weighted by atomic mass is 9.99. The van der Waals surface area contributed by atoms with E-state index in [0.29, 0.717) is 5.56 Å². The van der Waals surface area contributed by atoms with Gasteiger partial charge >= 0.3 is 0 Å². The summed E-state index contributed by atoms with van der Waals surface area (Å²) in [6, 6.07) is 14.7. The van der Waals surface area contributed by atoms with E-state index < -0.39 is 11.6 Å². The van der Waals surface area contributed by atoms with Gasteiger partial charge in [-0.05, 0) is 49.8 Å². The van der Waals surface area contributed by atoms with E-state index in [4.69, 9.17) is 4.74 Å². The van der Waals surface area contributed by atoms with Crippen LogP contribution in [0.3, 0.4) is 0 Å². The Kier molecular flexibility index (Phi) is 11.0. The van der Waals surface area contributed by atoms with Crippen LogP contribution in [-0.2, 0) is 11.2 Å². The molecule has 1 unspecified atom stereocenters. The summed E-state index contributed by atoms with van der Waals surface area (Å²) in [6.45, 7) is 8.81. The fraction of sp³-hybridized carbons (Fsp3) is 0.344. The molecular weight excluding hydrogens is 452 g/mol. The first-order chi connectivity index (χ1) is 17.5. The fourth-order valence-electron chi connectivity index (χ4n) is 4.08. The zero-order valence-corrected chi connectivity index (χ0v) is 21.5. The number of rotatable bonds is 14. The highest BCUT2D eigenvalue weighted by Gasteiger charge is 2.13. The Balaban J connectivity index is 1.57. The van der Waals surface area contributed by atoms with Crippen LogP contribution in [-0.4, -0.2) is 17.7 Å². The van der Waals surface area contributed by atoms with Crippen molar-refractivity contribution < 1.29 is 13.5 Å². The smallest absolute Gasteiger partial charge is 0.167 e. The molecule has 0 radical (unpaired) electrons. The van der Waals surface area contributed by atoms with E-state index in [1.807, 2.05) is 54.7 Å². The maximum Gasteiger partial charge on any atom is 0.167 e. The van der Waals surface area contributed by atoms with Gasteiger partial charge in [0.15, 0.2) is 11.6 Å². The molecule has 0 aliphatic rings. The highest BCUT2D eigenvalue weighted by Crippen LogP contribution is 2.29. The van der Waals surface area contributed by atoms with Crippen LogP contribution >= 0.6 is 0 Å². The SMILES string of the molecule is C=CCc1ccc(-c2ccc(-c3ccc(C=CCCCC(C)OCCCCC)c(F)c3F)cc2)cn1. The molecule has 0 spiro atoms. The quantitative estimate of drug-likeness (QED) is 0.166. The van der Waals surface area contributed by atoms with Crippen molar-refractivity contribution in [3.63, 3.8) is 0 Å². The van der Waals surface area contributed by atoms with Gasteiger partial charge in [-0.25, -0.2) is 8.78 Å². The zero-order valence-electron chi connectivity index (χ0n) is 21.5. The summed E-state index contributed by atoms with van der Waals surface area (Å²) in [4.78, 5) is 4.43. The van der Waals surface area contributed by atoms with Gasteiger partial charge in [0, 0.05) is 41.6 Å². The van der Waals surface area contributed by atoms with Gasteiger partial charge in [0.05, 0.1) is 6.10 Å². The van der Waals surface area contributed by atoms with E-state index in [9.17, 15) is 8.78 Å². The lowest BCUT2D eigenvalue weighted by molar-refractivity contribution is 0.0566. The highest BCUT2D eigenvalue weighted by molar-refractivity contribution is 5.71. The first-order valence-corrected chi connectivity index (χ1v) is 13.0. The van der Waals surface area contributed by atoms with Gasteiger partial charge in [0.2, 0.25) is 0 Å². The maximum atomic E-state index is 14.9. The third-order valence-corrected chi connectivity index (χ3v) is 6.25. The molecule has 3 aromatic rings. The van der Waals surface area contributed by atoms with Gasteiger partial charge in [-0.15, -0.1) is 6.58 Å². The number of hydrogen-bond acceptors (Lipinski definition) is 2. The van der Waals surface area contributed by atoms with Gasteiger partial charge < -0.3 is 4.74 Å². The molecule has 2 aromatic carbocycles. The number of allylic oxidation sites excluding steroid dienone is 2. The number of unbranched alkanes of at least 4 members (excludes halogenated alkanes) is 3. The van der Waals surface area contributed by atoms with Crippen LogP contribution in [0.25, 0.3) is 28.3 Å². The number of nitrogens with zero attached hydrogens (tertiary/aromatic N) is 1. The van der Waals surface area contributed by atoms with E-state index in [-0.39, 0.29) is 17.2 Å². The number of hydrogen-bond donors (Lipinski definition) is 0. The van der Waals surface area contributed by atoms with E-state index >= 15 is 0 Å². The molecule has 36 heavy (non-hydrogen) atoms. The van der Waals surface area contributed by atoms with Gasteiger partial charge in [-0.3, -0.25) is 4.98 Å². The summed E-state index contributed by atoms with van der Waals surface area (Å²) in [7, 11) is 0. The number of pyridine rings is 1. The summed E-state index contributed by atoms with van der Waals surface area (Å²) < 4.78 is 35.5. The van der Waals surface area contributed by atoms with Crippen LogP contribution in [0.5, 0.6) is 0 Å². The van der Waals surface area contributed by atoms with Crippen molar-refractivity contribution in [1.82, 2.24) is 4.98 Å². The van der Waals surface area contributed by atoms with Gasteiger partial charge in [0.1, 0.15) is 0 Å². The number of aromatic nitrogens is 1. The van der Waals surface area contributed by atoms with E-state index in [2.05, 4.69) is 25.4 Å². The van der Waals surface area contributed by atoms with Gasteiger partial charge in [-0.2, -0.15) is 0 Å². The van der Waals surface area contributed by atoms with E-state index in [1.54, 1.807) is 18.2 Å². The van der Waals surface area contributed by atoms with Crippen LogP contribution < -0.4 is 0 Å². The van der Waals surface area contributed by atoms with Crippen molar-refractivity contribution in [2.75, 3.05) is 6.61 Å². The summed E-state index contributed by atoms with van der Waals surface area (Å²) in [5.41, 5.74) is 4.05. The molecule has 1 atom stereocenters. The minimum atomic E-state index is -0.825. The Morgan fingerprint density at radius 1 is 0.917 bits per heavy atom. The Hall–Kier alpha value is -3.11. The third kappa shape index (κ3) is 7.96. The summed E-state index contributed by atoms with van der Waals surface area (Å²) in [5.74, 6) is -1.64. The Bertz CT molecular complexity index is 1120. The number of halogens is 2. The van der Waals surface area contributed by atoms with Crippen LogP contribution in [0.4, 0.5) is 8.78 Å². The molecule has 1 heterocycles. The van der Waals surface area contributed by atoms with Crippen LogP contribution in [0.1, 0.15) is 63.6 Å². The molecule has 0 aliphatic carbocycles. The number of benzene rings is 2. The van der Waals surface area contributed by atoms with Crippen molar-refractivity contribution >= 4 is 6.08 Å². The fourth-order valence-corrected chi connectivity index (χ4v) is 4.08. The van der Waals surface area contributed by atoms with Crippen LogP contribution in [0.15, 0.2) is 73.5 Å². The predicted molar refractivity (Wildman–Crippen MR) is 147 cm³/mol. The molecule has 0 saturated carbocycles. The van der Waals surface area contributed by atoms with Crippen molar-refractivity contribution in [1.29, 1.82) is 0 Å². The first kappa shape index (κ1) is 27.5. The Morgan fingerprint density at radius 2 is 1.67 bits per heavy atom. The Morgan fingerprint density at radius 3 is 2.36 bits per heavy atom. The molecule has 0 fully saturated rings. The molecule has 3 rings (SSSR count). The average Bonchev–Trinajstić information content (AvgIpc) is 2.90. The van der Waals surface area contributed by atoms with Gasteiger partial charge in [-0.1, -0.05) is 80.5 Å². The predicted octanol–water partition coefficient (Wildman–Crippen LogP) is 9.20. The van der Waals surface area contributed by atoms with E-state index in [0.717, 1.165) is 55.5 Å². The molecule has 0 N–H and O–H groups in total. The average molecular weight is 490 g/mol. The first-order valence-electron chi connectivity index (χ1n) is 13.0. The standard InChI is InChI=1S/C32H37F2NO/c1-4-6-10-22-36-24(3)12-8-7-9-13-27-19-21-30(32(34)31(27)33)26-16-14-25(15-17-26)28-18-20-29(11-5-2)35-23-28/h5,9,13-21,23-24H,2,4,6-8,10-12,22H2,1,3H3. The topological polar surface area (TPSA) is 22.1 Å². The van der Waals surface area contributed by atoms with Crippen molar-refractivity contribution in [3.05, 3.63) is 96.4 Å². The molecule has 0 amide bonds. The lowest BCUT2D eigenvalue weighted by Gasteiger charge is -2.12. The minimum absolute atomic E-state index is 0.225. The monoisotopic (exact) mass is 489 g/mol. The summed E-state index contributed by atoms with van der Waals surface area (Å²) >= 11 is 0. The molecule has 4 heteroatoms. The van der Waals surface area contributed by atoms with Crippen molar-refractivity contribution in [2.45, 2.75) is 64.9 Å². The molecule has 0 aliphatic heterocycles. The lowest BCUT2D eigenvalue weighted by Crippen LogP contribution is -2.08. The summed E-state index contributed by atoms with van der Waals surface area (Å²) in [6.07, 6.45) is 14.4. The third-order valence-electron chi connectivity index (χ3n) is 6.25. The maximum absolute atomic E-state index is 14.9. The van der Waals surface area contributed by atoms with E-state index in [1.165, 1.54) is 12.8 Å². The van der Waals surface area contributed by atoms with Crippen LogP contribution in [0, 0.1) is 11.6 Å². The second kappa shape index (κ2) is 14.4. The van der Waals surface area contributed by atoms with Crippen molar-refractivity contribution in [2.24, 2.45) is 0 Å². The molecule has 2 nitrogen and oxygen atoms in total. The largest absolute Gasteiger partial charge is 0.379 e. The van der Waals surface area contributed by atoms with Crippen molar-refractivity contribution in [3.8, 4) is 22.3 Å².